The van der Waals surface area contributed by atoms with E-state index in [1.807, 2.05) is 0 Å². The standard InChI is InChI=1S/C11H6Br2F3N3OS/c12-6-1-5(2-7(13)3-6)9(20)19(17)10-18-8(4-21-10)11(14,15)16/h1-4H,17H2. The highest BCUT2D eigenvalue weighted by Crippen LogP contribution is 2.32. The summed E-state index contributed by atoms with van der Waals surface area (Å²) in [6, 6.07) is 4.72. The van der Waals surface area contributed by atoms with Crippen molar-refractivity contribution in [3.63, 3.8) is 0 Å². The number of alkyl halides is 3. The molecule has 0 aliphatic rings. The van der Waals surface area contributed by atoms with Gasteiger partial charge in [-0.2, -0.15) is 13.2 Å². The van der Waals surface area contributed by atoms with Gasteiger partial charge >= 0.3 is 6.18 Å². The van der Waals surface area contributed by atoms with Crippen LogP contribution in [-0.4, -0.2) is 10.9 Å². The fourth-order valence-electron chi connectivity index (χ4n) is 1.41. The second-order valence-corrected chi connectivity index (χ2v) is 6.51. The summed E-state index contributed by atoms with van der Waals surface area (Å²) in [5.74, 6) is 4.89. The molecule has 112 valence electrons. The molecule has 0 saturated heterocycles. The Hall–Kier alpha value is -0.970. The lowest BCUT2D eigenvalue weighted by Crippen LogP contribution is -2.37. The Labute approximate surface area is 138 Å². The number of nitrogens with two attached hydrogens (primary N) is 1. The topological polar surface area (TPSA) is 59.2 Å². The molecule has 0 fully saturated rings. The van der Waals surface area contributed by atoms with Gasteiger partial charge < -0.3 is 0 Å². The van der Waals surface area contributed by atoms with Gasteiger partial charge in [0.25, 0.3) is 5.91 Å². The first-order valence-corrected chi connectivity index (χ1v) is 7.73. The first kappa shape index (κ1) is 16.4. The number of halogens is 5. The van der Waals surface area contributed by atoms with Gasteiger partial charge in [-0.1, -0.05) is 31.9 Å². The monoisotopic (exact) mass is 443 g/mol. The third-order valence-corrected chi connectivity index (χ3v) is 4.07. The van der Waals surface area contributed by atoms with Gasteiger partial charge in [-0.3, -0.25) is 4.79 Å². The molecule has 0 bridgehead atoms. The summed E-state index contributed by atoms with van der Waals surface area (Å²) in [5.41, 5.74) is -0.872. The van der Waals surface area contributed by atoms with E-state index in [9.17, 15) is 18.0 Å². The van der Waals surface area contributed by atoms with Gasteiger partial charge in [-0.05, 0) is 18.2 Å². The molecule has 0 aliphatic carbocycles. The lowest BCUT2D eigenvalue weighted by Gasteiger charge is -2.13. The second kappa shape index (κ2) is 6.03. The second-order valence-electron chi connectivity index (χ2n) is 3.85. The average molecular weight is 445 g/mol. The summed E-state index contributed by atoms with van der Waals surface area (Å²) >= 11 is 7.07. The van der Waals surface area contributed by atoms with Crippen LogP contribution in [0.5, 0.6) is 0 Å². The van der Waals surface area contributed by atoms with Crippen molar-refractivity contribution in [2.75, 3.05) is 5.01 Å². The summed E-state index contributed by atoms with van der Waals surface area (Å²) < 4.78 is 38.7. The fourth-order valence-corrected chi connectivity index (χ4v) is 3.45. The number of amides is 1. The van der Waals surface area contributed by atoms with Crippen LogP contribution in [0.2, 0.25) is 0 Å². The zero-order valence-corrected chi connectivity index (χ0v) is 14.0. The molecule has 1 amide bonds. The van der Waals surface area contributed by atoms with E-state index in [4.69, 9.17) is 5.84 Å². The van der Waals surface area contributed by atoms with E-state index in [2.05, 4.69) is 36.8 Å². The zero-order valence-electron chi connectivity index (χ0n) is 9.99. The van der Waals surface area contributed by atoms with Crippen LogP contribution in [-0.2, 0) is 6.18 Å². The molecule has 0 aliphatic heterocycles. The van der Waals surface area contributed by atoms with Gasteiger partial charge in [-0.15, -0.1) is 11.3 Å². The van der Waals surface area contributed by atoms with Crippen molar-refractivity contribution in [1.29, 1.82) is 0 Å². The lowest BCUT2D eigenvalue weighted by atomic mass is 10.2. The first-order valence-electron chi connectivity index (χ1n) is 5.26. The van der Waals surface area contributed by atoms with Gasteiger partial charge in [-0.25, -0.2) is 15.8 Å². The molecule has 0 spiro atoms. The minimum atomic E-state index is -4.57. The predicted octanol–water partition coefficient (Wildman–Crippen LogP) is 4.21. The molecule has 0 saturated carbocycles. The van der Waals surface area contributed by atoms with Crippen LogP contribution in [0.4, 0.5) is 18.3 Å². The number of hydrogen-bond acceptors (Lipinski definition) is 4. The van der Waals surface area contributed by atoms with E-state index in [1.54, 1.807) is 6.07 Å². The van der Waals surface area contributed by atoms with Crippen LogP contribution in [0.3, 0.4) is 0 Å². The van der Waals surface area contributed by atoms with Crippen molar-refractivity contribution < 1.29 is 18.0 Å². The average Bonchev–Trinajstić information content (AvgIpc) is 2.85. The quantitative estimate of drug-likeness (QED) is 0.429. The number of hydrogen-bond donors (Lipinski definition) is 1. The highest BCUT2D eigenvalue weighted by Gasteiger charge is 2.34. The van der Waals surface area contributed by atoms with Crippen LogP contribution in [0.15, 0.2) is 32.5 Å². The molecule has 21 heavy (non-hydrogen) atoms. The van der Waals surface area contributed by atoms with Crippen molar-refractivity contribution in [1.82, 2.24) is 4.98 Å². The highest BCUT2D eigenvalue weighted by atomic mass is 79.9. The molecular formula is C11H6Br2F3N3OS. The Morgan fingerprint density at radius 2 is 1.81 bits per heavy atom. The molecule has 1 aromatic heterocycles. The van der Waals surface area contributed by atoms with Gasteiger partial charge in [0.05, 0.1) is 0 Å². The van der Waals surface area contributed by atoms with Crippen molar-refractivity contribution in [3.8, 4) is 0 Å². The number of aromatic nitrogens is 1. The summed E-state index contributed by atoms with van der Waals surface area (Å²) in [5, 5.41) is 1.16. The largest absolute Gasteiger partial charge is 0.434 e. The predicted molar refractivity (Wildman–Crippen MR) is 80.0 cm³/mol. The van der Waals surface area contributed by atoms with E-state index >= 15 is 0 Å². The van der Waals surface area contributed by atoms with Crippen LogP contribution < -0.4 is 10.9 Å². The maximum absolute atomic E-state index is 12.5. The summed E-state index contributed by atoms with van der Waals surface area (Å²) in [6.07, 6.45) is -4.57. The third kappa shape index (κ3) is 3.82. The van der Waals surface area contributed by atoms with Crippen LogP contribution in [0.1, 0.15) is 16.1 Å². The van der Waals surface area contributed by atoms with Crippen LogP contribution in [0, 0.1) is 0 Å². The van der Waals surface area contributed by atoms with Gasteiger partial charge in [0.2, 0.25) is 5.13 Å². The van der Waals surface area contributed by atoms with E-state index in [-0.39, 0.29) is 10.7 Å². The number of hydrazine groups is 1. The molecule has 2 rings (SSSR count). The number of nitrogens with zero attached hydrogens (tertiary/aromatic N) is 2. The summed E-state index contributed by atoms with van der Waals surface area (Å²) in [6.45, 7) is 0. The number of anilines is 1. The van der Waals surface area contributed by atoms with E-state index in [0.29, 0.717) is 25.3 Å². The summed E-state index contributed by atoms with van der Waals surface area (Å²) in [7, 11) is 0. The van der Waals surface area contributed by atoms with Crippen molar-refractivity contribution in [2.45, 2.75) is 6.18 Å². The Morgan fingerprint density at radius 3 is 2.29 bits per heavy atom. The number of benzene rings is 1. The minimum Gasteiger partial charge on any atom is -0.267 e. The number of carbonyl (C=O) groups excluding carboxylic acids is 1. The Bertz CT molecular complexity index is 669. The maximum atomic E-state index is 12.5. The maximum Gasteiger partial charge on any atom is 0.434 e. The first-order chi connectivity index (χ1) is 9.68. The molecule has 0 unspecified atom stereocenters. The van der Waals surface area contributed by atoms with Crippen LogP contribution in [0.25, 0.3) is 0 Å². The highest BCUT2D eigenvalue weighted by molar-refractivity contribution is 9.11. The fraction of sp³-hybridized carbons (Fsp3) is 0.0909. The van der Waals surface area contributed by atoms with E-state index < -0.39 is 17.8 Å². The van der Waals surface area contributed by atoms with Crippen molar-refractivity contribution >= 4 is 54.2 Å². The van der Waals surface area contributed by atoms with E-state index in [0.717, 1.165) is 5.38 Å². The number of rotatable bonds is 2. The molecule has 0 radical (unpaired) electrons. The molecule has 10 heteroatoms. The van der Waals surface area contributed by atoms with Gasteiger partial charge in [0.15, 0.2) is 5.69 Å². The molecular weight excluding hydrogens is 439 g/mol. The van der Waals surface area contributed by atoms with Gasteiger partial charge in [0.1, 0.15) is 0 Å². The Morgan fingerprint density at radius 1 is 1.24 bits per heavy atom. The summed E-state index contributed by atoms with van der Waals surface area (Å²) in [4.78, 5) is 15.5. The normalized spacial score (nSPS) is 11.5. The lowest BCUT2D eigenvalue weighted by molar-refractivity contribution is -0.140. The SMILES string of the molecule is NN(C(=O)c1cc(Br)cc(Br)c1)c1nc(C(F)(F)F)cs1. The molecule has 0 atom stereocenters. The van der Waals surface area contributed by atoms with Gasteiger partial charge in [0, 0.05) is 19.9 Å². The molecule has 1 heterocycles. The molecule has 2 aromatic rings. The van der Waals surface area contributed by atoms with E-state index in [1.165, 1.54) is 12.1 Å². The van der Waals surface area contributed by atoms with Crippen molar-refractivity contribution in [3.05, 3.63) is 43.8 Å². The minimum absolute atomic E-state index is 0.211. The van der Waals surface area contributed by atoms with Crippen molar-refractivity contribution in [2.24, 2.45) is 5.84 Å². The third-order valence-electron chi connectivity index (χ3n) is 2.32. The number of carbonyl (C=O) groups is 1. The number of thiazole rings is 1. The molecule has 2 N–H and O–H groups in total. The Balaban J connectivity index is 2.29. The molecule has 4 nitrogen and oxygen atoms in total. The smallest absolute Gasteiger partial charge is 0.267 e. The molecule has 1 aromatic carbocycles. The zero-order chi connectivity index (χ0) is 15.8. The van der Waals surface area contributed by atoms with Crippen LogP contribution >= 0.6 is 43.2 Å². The Kier molecular flexibility index (Phi) is 4.71.